The van der Waals surface area contributed by atoms with Crippen molar-refractivity contribution in [2.24, 2.45) is 0 Å². The predicted octanol–water partition coefficient (Wildman–Crippen LogP) is 7.77. The molecule has 4 unspecified atom stereocenters. The van der Waals surface area contributed by atoms with Crippen molar-refractivity contribution in [3.63, 3.8) is 0 Å². The van der Waals surface area contributed by atoms with Crippen LogP contribution >= 0.6 is 0 Å². The maximum absolute atomic E-state index is 13.0. The van der Waals surface area contributed by atoms with E-state index in [4.69, 9.17) is 28.4 Å². The van der Waals surface area contributed by atoms with Gasteiger partial charge in [0.15, 0.2) is 18.7 Å². The number of aliphatic hydroxyl groups excluding tert-OH is 7. The number of carbonyl (C=O) groups is 2. The molecule has 0 aliphatic carbocycles. The Bertz CT molecular complexity index is 1220. The first-order valence-electron chi connectivity index (χ1n) is 26.8. The van der Waals surface area contributed by atoms with E-state index < -0.39 is 92.7 Å². The van der Waals surface area contributed by atoms with Gasteiger partial charge < -0.3 is 64.2 Å². The topological polar surface area (TPSA) is 231 Å². The zero-order chi connectivity index (χ0) is 48.9. The first kappa shape index (κ1) is 61.4. The van der Waals surface area contributed by atoms with E-state index in [-0.39, 0.29) is 26.1 Å². The van der Waals surface area contributed by atoms with Gasteiger partial charge in [-0.25, -0.2) is 0 Å². The van der Waals surface area contributed by atoms with Crippen molar-refractivity contribution in [3.05, 3.63) is 12.2 Å². The van der Waals surface area contributed by atoms with E-state index >= 15 is 0 Å². The van der Waals surface area contributed by atoms with Gasteiger partial charge in [0.1, 0.15) is 55.4 Å². The second-order valence-electron chi connectivity index (χ2n) is 19.1. The van der Waals surface area contributed by atoms with E-state index in [9.17, 15) is 45.3 Å². The molecule has 0 saturated carbocycles. The standard InChI is InChI=1S/C52H96O15/c1-3-5-7-9-11-13-15-17-18-19-20-21-23-24-26-28-30-32-34-43(54)62-37-40(65-44(55)35-33-31-29-27-25-22-16-14-12-10-8-6-4-2)38-63-51-50(61)48(59)46(57)42(67-51)39-64-52-49(60)47(58)45(56)41(36-53)66-52/h22,25,40-42,45-53,56-61H,3-21,23-24,26-39H2,1-2H3/b25-22+/t40-,41+,42+,45-,46-,47?,48?,49?,50?,51+,52+/m0/s1. The number of unbranched alkanes of at least 4 members (excludes halogenated alkanes) is 26. The molecule has 0 aromatic heterocycles. The SMILES string of the molecule is CCCCCCCC/C=C/CCCCCC(=O)O[C@@H](COC(=O)CCCCCCCCCCCCCCCCCCCC)CO[C@@H]1O[C@H](CO[C@@H]2O[C@H](CO)[C@H](O)C(O)C2O)[C@H](O)C(O)C1O. The van der Waals surface area contributed by atoms with E-state index in [1.54, 1.807) is 0 Å². The molecule has 0 spiro atoms. The van der Waals surface area contributed by atoms with Gasteiger partial charge in [-0.3, -0.25) is 9.59 Å². The number of esters is 2. The Labute approximate surface area is 403 Å². The highest BCUT2D eigenvalue weighted by Crippen LogP contribution is 2.27. The summed E-state index contributed by atoms with van der Waals surface area (Å²) in [6.07, 6.45) is 22.4. The Morgan fingerprint density at radius 2 is 0.851 bits per heavy atom. The molecular formula is C52H96O15. The highest BCUT2D eigenvalue weighted by molar-refractivity contribution is 5.70. The lowest BCUT2D eigenvalue weighted by molar-refractivity contribution is -0.332. The lowest BCUT2D eigenvalue weighted by Crippen LogP contribution is -2.61. The Hall–Kier alpha value is -1.76. The first-order chi connectivity index (χ1) is 32.5. The molecule has 67 heavy (non-hydrogen) atoms. The molecule has 394 valence electrons. The van der Waals surface area contributed by atoms with E-state index in [0.29, 0.717) is 12.8 Å². The molecule has 2 aliphatic rings. The molecule has 0 amide bonds. The van der Waals surface area contributed by atoms with Crippen LogP contribution in [-0.4, -0.2) is 142 Å². The van der Waals surface area contributed by atoms with Crippen LogP contribution in [0.3, 0.4) is 0 Å². The third kappa shape index (κ3) is 28.0. The molecule has 0 bridgehead atoms. The van der Waals surface area contributed by atoms with Gasteiger partial charge >= 0.3 is 11.9 Å². The number of ether oxygens (including phenoxy) is 6. The van der Waals surface area contributed by atoms with Crippen LogP contribution in [0, 0.1) is 0 Å². The third-order valence-corrected chi connectivity index (χ3v) is 13.0. The van der Waals surface area contributed by atoms with Gasteiger partial charge in [-0.2, -0.15) is 0 Å². The largest absolute Gasteiger partial charge is 0.462 e. The second kappa shape index (κ2) is 39.9. The number of hydrogen-bond donors (Lipinski definition) is 7. The van der Waals surface area contributed by atoms with Crippen molar-refractivity contribution in [1.82, 2.24) is 0 Å². The van der Waals surface area contributed by atoms with Crippen molar-refractivity contribution in [2.75, 3.05) is 26.4 Å². The highest BCUT2D eigenvalue weighted by Gasteiger charge is 2.47. The summed E-state index contributed by atoms with van der Waals surface area (Å²) in [5, 5.41) is 72.1. The summed E-state index contributed by atoms with van der Waals surface area (Å²) >= 11 is 0. The summed E-state index contributed by atoms with van der Waals surface area (Å²) in [6, 6.07) is 0. The molecule has 2 saturated heterocycles. The molecule has 2 aliphatic heterocycles. The van der Waals surface area contributed by atoms with Gasteiger partial charge in [0.05, 0.1) is 19.8 Å². The predicted molar refractivity (Wildman–Crippen MR) is 257 cm³/mol. The second-order valence-corrected chi connectivity index (χ2v) is 19.1. The fourth-order valence-electron chi connectivity index (χ4n) is 8.57. The highest BCUT2D eigenvalue weighted by atomic mass is 16.7. The van der Waals surface area contributed by atoms with Crippen LogP contribution in [0.5, 0.6) is 0 Å². The van der Waals surface area contributed by atoms with Gasteiger partial charge in [-0.1, -0.05) is 174 Å². The van der Waals surface area contributed by atoms with Crippen molar-refractivity contribution in [2.45, 2.75) is 280 Å². The molecular weight excluding hydrogens is 865 g/mol. The van der Waals surface area contributed by atoms with Crippen molar-refractivity contribution < 1.29 is 73.8 Å². The third-order valence-electron chi connectivity index (χ3n) is 13.0. The Morgan fingerprint density at radius 3 is 1.33 bits per heavy atom. The van der Waals surface area contributed by atoms with Crippen LogP contribution in [-0.2, 0) is 38.0 Å². The number of hydrogen-bond acceptors (Lipinski definition) is 15. The van der Waals surface area contributed by atoms with Crippen LogP contribution in [0.4, 0.5) is 0 Å². The van der Waals surface area contributed by atoms with Crippen LogP contribution < -0.4 is 0 Å². The average molecular weight is 961 g/mol. The molecule has 0 aromatic carbocycles. The van der Waals surface area contributed by atoms with Gasteiger partial charge in [0.2, 0.25) is 0 Å². The molecule has 15 nitrogen and oxygen atoms in total. The zero-order valence-corrected chi connectivity index (χ0v) is 41.7. The summed E-state index contributed by atoms with van der Waals surface area (Å²) in [4.78, 5) is 25.8. The minimum absolute atomic E-state index is 0.149. The van der Waals surface area contributed by atoms with Crippen LogP contribution in [0.15, 0.2) is 12.2 Å². The minimum atomic E-state index is -1.76. The summed E-state index contributed by atoms with van der Waals surface area (Å²) in [7, 11) is 0. The molecule has 0 aromatic rings. The Morgan fingerprint density at radius 1 is 0.463 bits per heavy atom. The lowest BCUT2D eigenvalue weighted by Gasteiger charge is -2.42. The quantitative estimate of drug-likeness (QED) is 0.0176. The van der Waals surface area contributed by atoms with Gasteiger partial charge in [-0.15, -0.1) is 0 Å². The van der Waals surface area contributed by atoms with Crippen molar-refractivity contribution in [3.8, 4) is 0 Å². The maximum Gasteiger partial charge on any atom is 0.306 e. The Balaban J connectivity index is 1.78. The van der Waals surface area contributed by atoms with Crippen molar-refractivity contribution >= 4 is 11.9 Å². The number of carbonyl (C=O) groups excluding carboxylic acids is 2. The smallest absolute Gasteiger partial charge is 0.306 e. The fraction of sp³-hybridized carbons (Fsp3) is 0.923. The molecule has 7 N–H and O–H groups in total. The fourth-order valence-corrected chi connectivity index (χ4v) is 8.57. The molecule has 2 fully saturated rings. The van der Waals surface area contributed by atoms with Gasteiger partial charge in [-0.05, 0) is 38.5 Å². The maximum atomic E-state index is 13.0. The monoisotopic (exact) mass is 961 g/mol. The Kier molecular flexibility index (Phi) is 36.5. The summed E-state index contributed by atoms with van der Waals surface area (Å²) in [6.45, 7) is 2.59. The lowest BCUT2D eigenvalue weighted by atomic mass is 9.98. The van der Waals surface area contributed by atoms with Crippen LogP contribution in [0.25, 0.3) is 0 Å². The van der Waals surface area contributed by atoms with Crippen LogP contribution in [0.1, 0.15) is 213 Å². The summed E-state index contributed by atoms with van der Waals surface area (Å²) in [5.41, 5.74) is 0. The number of aliphatic hydroxyl groups is 7. The van der Waals surface area contributed by atoms with E-state index in [2.05, 4.69) is 26.0 Å². The van der Waals surface area contributed by atoms with Crippen molar-refractivity contribution in [1.29, 1.82) is 0 Å². The van der Waals surface area contributed by atoms with E-state index in [0.717, 1.165) is 44.9 Å². The van der Waals surface area contributed by atoms with E-state index in [1.165, 1.54) is 128 Å². The minimum Gasteiger partial charge on any atom is -0.462 e. The van der Waals surface area contributed by atoms with Crippen LogP contribution in [0.2, 0.25) is 0 Å². The number of rotatable bonds is 42. The molecule has 2 rings (SSSR count). The summed E-state index contributed by atoms with van der Waals surface area (Å²) < 4.78 is 33.6. The zero-order valence-electron chi connectivity index (χ0n) is 41.7. The molecule has 0 radical (unpaired) electrons. The first-order valence-corrected chi connectivity index (χ1v) is 26.8. The normalized spacial score (nSPS) is 26.0. The van der Waals surface area contributed by atoms with Gasteiger partial charge in [0.25, 0.3) is 0 Å². The average Bonchev–Trinajstić information content (AvgIpc) is 3.32. The molecule has 2 heterocycles. The molecule has 11 atom stereocenters. The molecule has 15 heteroatoms. The van der Waals surface area contributed by atoms with Gasteiger partial charge in [0, 0.05) is 12.8 Å². The van der Waals surface area contributed by atoms with E-state index in [1.807, 2.05) is 0 Å². The number of allylic oxidation sites excluding steroid dienone is 2. The summed E-state index contributed by atoms with van der Waals surface area (Å²) in [5.74, 6) is -0.932.